The first-order valence-electron chi connectivity index (χ1n) is 8.43. The predicted molar refractivity (Wildman–Crippen MR) is 92.5 cm³/mol. The molecule has 9 heteroatoms. The van der Waals surface area contributed by atoms with E-state index in [-0.39, 0.29) is 11.8 Å². The molecule has 0 aliphatic carbocycles. The van der Waals surface area contributed by atoms with Gasteiger partial charge in [0.05, 0.1) is 24.0 Å². The van der Waals surface area contributed by atoms with Gasteiger partial charge >= 0.3 is 0 Å². The van der Waals surface area contributed by atoms with E-state index in [0.717, 1.165) is 31.6 Å². The first-order valence-corrected chi connectivity index (χ1v) is 8.43. The van der Waals surface area contributed by atoms with Crippen LogP contribution in [-0.2, 0) is 6.54 Å². The Morgan fingerprint density at radius 1 is 1.40 bits per heavy atom. The maximum Gasteiger partial charge on any atom is 0.265 e. The number of aromatic amines is 1. The van der Waals surface area contributed by atoms with Gasteiger partial charge in [-0.15, -0.1) is 0 Å². The molecule has 1 aliphatic heterocycles. The maximum atomic E-state index is 12.3. The van der Waals surface area contributed by atoms with Crippen molar-refractivity contribution >= 4 is 11.9 Å². The fraction of sp³-hybridized carbons (Fsp3) is 0.625. The molecule has 2 aromatic rings. The lowest BCUT2D eigenvalue weighted by molar-refractivity contribution is 0.0824. The van der Waals surface area contributed by atoms with E-state index in [0.29, 0.717) is 23.9 Å². The number of anilines is 1. The Morgan fingerprint density at radius 2 is 2.20 bits per heavy atom. The standard InChI is InChI=1S/C16H25N7O2/c1-21(2)15(24)12-8-17-19-14(12)11-6-5-7-23(9-11)10-13-18-16(20-25-13)22(3)4/h8,11H,5-7,9-10H2,1-4H3,(H,17,19)/t11-/m0/s1. The van der Waals surface area contributed by atoms with Crippen molar-refractivity contribution in [2.75, 3.05) is 46.2 Å². The molecule has 2 aromatic heterocycles. The molecule has 1 aliphatic rings. The summed E-state index contributed by atoms with van der Waals surface area (Å²) in [6.45, 7) is 2.42. The molecule has 0 aromatic carbocycles. The summed E-state index contributed by atoms with van der Waals surface area (Å²) < 4.78 is 5.32. The molecule has 1 saturated heterocycles. The number of piperidine rings is 1. The van der Waals surface area contributed by atoms with E-state index in [1.165, 1.54) is 0 Å². The van der Waals surface area contributed by atoms with Crippen molar-refractivity contribution < 1.29 is 9.32 Å². The van der Waals surface area contributed by atoms with Crippen LogP contribution in [0.5, 0.6) is 0 Å². The smallest absolute Gasteiger partial charge is 0.265 e. The van der Waals surface area contributed by atoms with Gasteiger partial charge in [0.15, 0.2) is 0 Å². The average Bonchev–Trinajstić information content (AvgIpc) is 3.23. The topological polar surface area (TPSA) is 94.4 Å². The Bertz CT molecular complexity index is 722. The minimum absolute atomic E-state index is 0.0200. The quantitative estimate of drug-likeness (QED) is 0.860. The summed E-state index contributed by atoms with van der Waals surface area (Å²) in [5.41, 5.74) is 1.58. The van der Waals surface area contributed by atoms with Crippen LogP contribution in [0.25, 0.3) is 0 Å². The number of amides is 1. The average molecular weight is 347 g/mol. The summed E-state index contributed by atoms with van der Waals surface area (Å²) in [7, 11) is 7.27. The highest BCUT2D eigenvalue weighted by Crippen LogP contribution is 2.29. The number of likely N-dealkylation sites (tertiary alicyclic amines) is 1. The van der Waals surface area contributed by atoms with Gasteiger partial charge in [0.1, 0.15) is 0 Å². The second kappa shape index (κ2) is 7.22. The van der Waals surface area contributed by atoms with Crippen molar-refractivity contribution in [2.24, 2.45) is 0 Å². The molecule has 0 bridgehead atoms. The van der Waals surface area contributed by atoms with Crippen LogP contribution in [0.2, 0.25) is 0 Å². The lowest BCUT2D eigenvalue weighted by Crippen LogP contribution is -2.35. The molecule has 3 heterocycles. The summed E-state index contributed by atoms with van der Waals surface area (Å²) >= 11 is 0. The zero-order valence-corrected chi connectivity index (χ0v) is 15.2. The number of carbonyl (C=O) groups excluding carboxylic acids is 1. The molecule has 3 rings (SSSR count). The molecule has 9 nitrogen and oxygen atoms in total. The molecule has 0 radical (unpaired) electrons. The summed E-state index contributed by atoms with van der Waals surface area (Å²) in [6.07, 6.45) is 3.70. The first kappa shape index (κ1) is 17.4. The molecule has 1 atom stereocenters. The highest BCUT2D eigenvalue weighted by Gasteiger charge is 2.28. The fourth-order valence-electron chi connectivity index (χ4n) is 3.14. The van der Waals surface area contributed by atoms with Gasteiger partial charge in [-0.05, 0) is 24.5 Å². The van der Waals surface area contributed by atoms with Crippen LogP contribution in [0.3, 0.4) is 0 Å². The minimum atomic E-state index is -0.0200. The predicted octanol–water partition coefficient (Wildman–Crippen LogP) is 0.940. The van der Waals surface area contributed by atoms with Crippen molar-refractivity contribution in [3.8, 4) is 0 Å². The van der Waals surface area contributed by atoms with Crippen molar-refractivity contribution in [3.63, 3.8) is 0 Å². The van der Waals surface area contributed by atoms with Crippen LogP contribution in [0.4, 0.5) is 5.95 Å². The van der Waals surface area contributed by atoms with Crippen LogP contribution in [0.15, 0.2) is 10.7 Å². The molecule has 1 fully saturated rings. The summed E-state index contributed by atoms with van der Waals surface area (Å²) in [6, 6.07) is 0. The molecule has 136 valence electrons. The molecule has 0 unspecified atom stereocenters. The van der Waals surface area contributed by atoms with Crippen molar-refractivity contribution in [2.45, 2.75) is 25.3 Å². The Morgan fingerprint density at radius 3 is 2.88 bits per heavy atom. The SMILES string of the molecule is CN(C)C(=O)c1cn[nH]c1[C@H]1CCCN(Cc2nc(N(C)C)no2)C1. The molecular weight excluding hydrogens is 322 g/mol. The number of hydrogen-bond acceptors (Lipinski definition) is 7. The molecular formula is C16H25N7O2. The number of H-pyrrole nitrogens is 1. The minimum Gasteiger partial charge on any atom is -0.345 e. The van der Waals surface area contributed by atoms with E-state index >= 15 is 0 Å². The third-order valence-electron chi connectivity index (χ3n) is 4.44. The van der Waals surface area contributed by atoms with Crippen LogP contribution in [-0.4, -0.2) is 77.3 Å². The van der Waals surface area contributed by atoms with Crippen molar-refractivity contribution in [1.29, 1.82) is 0 Å². The van der Waals surface area contributed by atoms with Gasteiger partial charge in [-0.2, -0.15) is 10.1 Å². The molecule has 1 amide bonds. The first-order chi connectivity index (χ1) is 12.0. The Labute approximate surface area is 147 Å². The number of hydrogen-bond donors (Lipinski definition) is 1. The fourth-order valence-corrected chi connectivity index (χ4v) is 3.14. The normalized spacial score (nSPS) is 18.3. The number of carbonyl (C=O) groups is 1. The number of aromatic nitrogens is 4. The van der Waals surface area contributed by atoms with E-state index in [2.05, 4.69) is 25.2 Å². The second-order valence-electron chi connectivity index (χ2n) is 6.85. The third-order valence-corrected chi connectivity index (χ3v) is 4.44. The van der Waals surface area contributed by atoms with Gasteiger partial charge < -0.3 is 14.3 Å². The van der Waals surface area contributed by atoms with Crippen LogP contribution in [0.1, 0.15) is 40.7 Å². The summed E-state index contributed by atoms with van der Waals surface area (Å²) in [5, 5.41) is 11.1. The van der Waals surface area contributed by atoms with E-state index in [1.807, 2.05) is 19.0 Å². The maximum absolute atomic E-state index is 12.3. The Hall–Kier alpha value is -2.42. The monoisotopic (exact) mass is 347 g/mol. The summed E-state index contributed by atoms with van der Waals surface area (Å²) in [4.78, 5) is 22.4. The molecule has 1 N–H and O–H groups in total. The van der Waals surface area contributed by atoms with E-state index in [4.69, 9.17) is 4.52 Å². The highest BCUT2D eigenvalue weighted by atomic mass is 16.5. The van der Waals surface area contributed by atoms with Gasteiger partial charge in [0, 0.05) is 40.7 Å². The molecule has 25 heavy (non-hydrogen) atoms. The van der Waals surface area contributed by atoms with E-state index < -0.39 is 0 Å². The van der Waals surface area contributed by atoms with Gasteiger partial charge in [0.2, 0.25) is 5.89 Å². The van der Waals surface area contributed by atoms with E-state index in [1.54, 1.807) is 25.2 Å². The van der Waals surface area contributed by atoms with Crippen molar-refractivity contribution in [3.05, 3.63) is 23.3 Å². The van der Waals surface area contributed by atoms with Crippen molar-refractivity contribution in [1.82, 2.24) is 30.1 Å². The van der Waals surface area contributed by atoms with E-state index in [9.17, 15) is 4.79 Å². The lowest BCUT2D eigenvalue weighted by Gasteiger charge is -2.31. The number of nitrogens with one attached hydrogen (secondary N) is 1. The number of rotatable bonds is 5. The zero-order valence-electron chi connectivity index (χ0n) is 15.2. The van der Waals surface area contributed by atoms with Gasteiger partial charge in [0.25, 0.3) is 11.9 Å². The second-order valence-corrected chi connectivity index (χ2v) is 6.85. The lowest BCUT2D eigenvalue weighted by atomic mass is 9.92. The Kier molecular flexibility index (Phi) is 5.03. The third kappa shape index (κ3) is 3.81. The summed E-state index contributed by atoms with van der Waals surface area (Å²) in [5.74, 6) is 1.41. The van der Waals surface area contributed by atoms with Gasteiger partial charge in [-0.1, -0.05) is 0 Å². The highest BCUT2D eigenvalue weighted by molar-refractivity contribution is 5.94. The van der Waals surface area contributed by atoms with Gasteiger partial charge in [-0.25, -0.2) is 0 Å². The van der Waals surface area contributed by atoms with Gasteiger partial charge in [-0.3, -0.25) is 14.8 Å². The molecule has 0 saturated carbocycles. The zero-order chi connectivity index (χ0) is 18.0. The molecule has 0 spiro atoms. The van der Waals surface area contributed by atoms with Crippen LogP contribution in [0, 0.1) is 0 Å². The Balaban J connectivity index is 1.69. The largest absolute Gasteiger partial charge is 0.345 e. The van der Waals surface area contributed by atoms with Crippen LogP contribution < -0.4 is 4.90 Å². The van der Waals surface area contributed by atoms with Crippen LogP contribution >= 0.6 is 0 Å². The number of nitrogens with zero attached hydrogens (tertiary/aromatic N) is 6.